The average Bonchev–Trinajstić information content (AvgIpc) is 3.17. The summed E-state index contributed by atoms with van der Waals surface area (Å²) in [6, 6.07) is 11.5. The summed E-state index contributed by atoms with van der Waals surface area (Å²) in [7, 11) is 0. The normalized spacial score (nSPS) is 10.6. The number of hydrogen-bond acceptors (Lipinski definition) is 3. The second-order valence-corrected chi connectivity index (χ2v) is 6.13. The van der Waals surface area contributed by atoms with Crippen molar-refractivity contribution in [3.63, 3.8) is 0 Å². The molecule has 0 aliphatic carbocycles. The van der Waals surface area contributed by atoms with Crippen LogP contribution < -0.4 is 5.32 Å². The van der Waals surface area contributed by atoms with Crippen LogP contribution in [0.15, 0.2) is 48.8 Å². The van der Waals surface area contributed by atoms with Gasteiger partial charge in [0.15, 0.2) is 0 Å². The first kappa shape index (κ1) is 14.5. The van der Waals surface area contributed by atoms with Gasteiger partial charge < -0.3 is 5.32 Å². The molecule has 1 amide bonds. The third-order valence-corrected chi connectivity index (χ3v) is 4.85. The number of benzene rings is 1. The number of rotatable bonds is 4. The number of nitrogens with one attached hydrogen (secondary N) is 1. The fraction of sp³-hybridized carbons (Fsp3) is 0.176. The lowest BCUT2D eigenvalue weighted by Crippen LogP contribution is -2.12. The Morgan fingerprint density at radius 3 is 2.82 bits per heavy atom. The van der Waals surface area contributed by atoms with E-state index in [-0.39, 0.29) is 5.91 Å². The van der Waals surface area contributed by atoms with Gasteiger partial charge in [0.25, 0.3) is 5.91 Å². The fourth-order valence-corrected chi connectivity index (χ4v) is 3.37. The minimum Gasteiger partial charge on any atom is -0.319 e. The molecule has 3 aromatic rings. The molecule has 5 heteroatoms. The zero-order valence-corrected chi connectivity index (χ0v) is 13.4. The van der Waals surface area contributed by atoms with Crippen LogP contribution in [0, 0.1) is 6.92 Å². The highest BCUT2D eigenvalue weighted by atomic mass is 32.1. The van der Waals surface area contributed by atoms with Crippen LogP contribution in [0.2, 0.25) is 0 Å². The number of anilines is 1. The number of carbonyl (C=O) groups excluding carboxylic acids is 1. The number of thiophene rings is 1. The maximum atomic E-state index is 12.5. The topological polar surface area (TPSA) is 46.9 Å². The van der Waals surface area contributed by atoms with E-state index >= 15 is 0 Å². The average molecular weight is 311 g/mol. The third kappa shape index (κ3) is 2.80. The Labute approximate surface area is 133 Å². The van der Waals surface area contributed by atoms with E-state index < -0.39 is 0 Å². The van der Waals surface area contributed by atoms with Gasteiger partial charge in [0.05, 0.1) is 16.3 Å². The monoisotopic (exact) mass is 311 g/mol. The van der Waals surface area contributed by atoms with E-state index in [0.29, 0.717) is 0 Å². The van der Waals surface area contributed by atoms with Crippen LogP contribution in [0.3, 0.4) is 0 Å². The number of carbonyl (C=O) groups is 1. The maximum absolute atomic E-state index is 12.5. The van der Waals surface area contributed by atoms with Gasteiger partial charge in [-0.1, -0.05) is 19.1 Å². The molecule has 0 saturated carbocycles. The van der Waals surface area contributed by atoms with Gasteiger partial charge in [0.2, 0.25) is 0 Å². The molecule has 112 valence electrons. The van der Waals surface area contributed by atoms with Crippen molar-refractivity contribution >= 4 is 22.9 Å². The number of para-hydroxylation sites is 2. The lowest BCUT2D eigenvalue weighted by Gasteiger charge is -2.10. The minimum absolute atomic E-state index is 0.0765. The zero-order valence-electron chi connectivity index (χ0n) is 12.5. The number of nitrogens with zero attached hydrogens (tertiary/aromatic N) is 2. The first-order valence-electron chi connectivity index (χ1n) is 7.18. The number of aryl methyl sites for hydroxylation is 2. The van der Waals surface area contributed by atoms with Gasteiger partial charge in [-0.15, -0.1) is 11.3 Å². The Hall–Kier alpha value is -2.40. The summed E-state index contributed by atoms with van der Waals surface area (Å²) in [5, 5.41) is 7.22. The quantitative estimate of drug-likeness (QED) is 0.790. The summed E-state index contributed by atoms with van der Waals surface area (Å²) in [6.07, 6.45) is 4.53. The maximum Gasteiger partial charge on any atom is 0.265 e. The van der Waals surface area contributed by atoms with Crippen LogP contribution >= 0.6 is 11.3 Å². The van der Waals surface area contributed by atoms with Crippen LogP contribution in [-0.2, 0) is 6.42 Å². The molecule has 4 nitrogen and oxygen atoms in total. The molecule has 0 radical (unpaired) electrons. The van der Waals surface area contributed by atoms with Gasteiger partial charge >= 0.3 is 0 Å². The molecule has 0 unspecified atom stereocenters. The van der Waals surface area contributed by atoms with E-state index in [1.54, 1.807) is 22.2 Å². The van der Waals surface area contributed by atoms with Crippen molar-refractivity contribution in [2.24, 2.45) is 0 Å². The summed E-state index contributed by atoms with van der Waals surface area (Å²) < 4.78 is 1.74. The molecule has 0 aliphatic heterocycles. The van der Waals surface area contributed by atoms with Crippen LogP contribution in [-0.4, -0.2) is 15.7 Å². The molecule has 0 bridgehead atoms. The Kier molecular flexibility index (Phi) is 4.06. The van der Waals surface area contributed by atoms with E-state index in [9.17, 15) is 4.79 Å². The summed E-state index contributed by atoms with van der Waals surface area (Å²) in [6.45, 7) is 4.15. The molecule has 0 fully saturated rings. The van der Waals surface area contributed by atoms with Gasteiger partial charge in [0.1, 0.15) is 0 Å². The second-order valence-electron chi connectivity index (χ2n) is 4.99. The highest BCUT2D eigenvalue weighted by molar-refractivity contribution is 7.14. The molecule has 2 heterocycles. The van der Waals surface area contributed by atoms with Gasteiger partial charge in [-0.3, -0.25) is 4.79 Å². The molecule has 22 heavy (non-hydrogen) atoms. The van der Waals surface area contributed by atoms with Crippen LogP contribution in [0.5, 0.6) is 0 Å². The Bertz CT molecular complexity index is 790. The second kappa shape index (κ2) is 6.15. The van der Waals surface area contributed by atoms with Crippen LogP contribution in [0.4, 0.5) is 5.69 Å². The Balaban J connectivity index is 1.88. The molecule has 2 aromatic heterocycles. The number of aromatic nitrogens is 2. The molecule has 1 N–H and O–H groups in total. The zero-order chi connectivity index (χ0) is 15.5. The van der Waals surface area contributed by atoms with Gasteiger partial charge in [-0.05, 0) is 43.2 Å². The lowest BCUT2D eigenvalue weighted by atomic mass is 10.2. The standard InChI is InChI=1S/C17H17N3OS/c1-3-15-12(2)11-16(22-15)17(21)19-13-7-4-5-8-14(13)20-10-6-9-18-20/h4-11H,3H2,1-2H3,(H,19,21). The largest absolute Gasteiger partial charge is 0.319 e. The van der Waals surface area contributed by atoms with E-state index in [4.69, 9.17) is 0 Å². The van der Waals surface area contributed by atoms with E-state index in [1.165, 1.54) is 10.4 Å². The first-order chi connectivity index (χ1) is 10.7. The summed E-state index contributed by atoms with van der Waals surface area (Å²) >= 11 is 1.56. The smallest absolute Gasteiger partial charge is 0.265 e. The van der Waals surface area contributed by atoms with Crippen molar-refractivity contribution in [2.45, 2.75) is 20.3 Å². The molecular formula is C17H17N3OS. The highest BCUT2D eigenvalue weighted by Crippen LogP contribution is 2.25. The van der Waals surface area contributed by atoms with Crippen molar-refractivity contribution in [2.75, 3.05) is 5.32 Å². The van der Waals surface area contributed by atoms with Crippen molar-refractivity contribution in [1.29, 1.82) is 0 Å². The Morgan fingerprint density at radius 1 is 1.32 bits per heavy atom. The van der Waals surface area contributed by atoms with Crippen molar-refractivity contribution in [3.8, 4) is 5.69 Å². The van der Waals surface area contributed by atoms with Crippen molar-refractivity contribution in [1.82, 2.24) is 9.78 Å². The SMILES string of the molecule is CCc1sc(C(=O)Nc2ccccc2-n2cccn2)cc1C. The van der Waals surface area contributed by atoms with Gasteiger partial charge in [-0.25, -0.2) is 4.68 Å². The molecule has 0 spiro atoms. The summed E-state index contributed by atoms with van der Waals surface area (Å²) in [5.41, 5.74) is 2.78. The predicted molar refractivity (Wildman–Crippen MR) is 90.0 cm³/mol. The fourth-order valence-electron chi connectivity index (χ4n) is 2.36. The summed E-state index contributed by atoms with van der Waals surface area (Å²) in [4.78, 5) is 14.5. The van der Waals surface area contributed by atoms with E-state index in [2.05, 4.69) is 17.3 Å². The molecule has 1 aromatic carbocycles. The minimum atomic E-state index is -0.0765. The molecule has 0 atom stereocenters. The molecular weight excluding hydrogens is 294 g/mol. The van der Waals surface area contributed by atoms with Crippen LogP contribution in [0.25, 0.3) is 5.69 Å². The first-order valence-corrected chi connectivity index (χ1v) is 8.00. The summed E-state index contributed by atoms with van der Waals surface area (Å²) in [5.74, 6) is -0.0765. The van der Waals surface area contributed by atoms with Crippen molar-refractivity contribution < 1.29 is 4.79 Å². The molecule has 0 aliphatic rings. The predicted octanol–water partition coefficient (Wildman–Crippen LogP) is 4.06. The lowest BCUT2D eigenvalue weighted by molar-refractivity contribution is 0.103. The van der Waals surface area contributed by atoms with Gasteiger partial charge in [0, 0.05) is 17.3 Å². The number of hydrogen-bond donors (Lipinski definition) is 1. The third-order valence-electron chi connectivity index (χ3n) is 3.47. The molecule has 0 saturated heterocycles. The van der Waals surface area contributed by atoms with Crippen LogP contribution in [0.1, 0.15) is 27.0 Å². The van der Waals surface area contributed by atoms with E-state index in [1.807, 2.05) is 49.5 Å². The highest BCUT2D eigenvalue weighted by Gasteiger charge is 2.14. The van der Waals surface area contributed by atoms with E-state index in [0.717, 1.165) is 22.7 Å². The number of amides is 1. The Morgan fingerprint density at radius 2 is 2.14 bits per heavy atom. The van der Waals surface area contributed by atoms with Crippen molar-refractivity contribution in [3.05, 3.63) is 64.1 Å². The van der Waals surface area contributed by atoms with Gasteiger partial charge in [-0.2, -0.15) is 5.10 Å². The molecule has 3 rings (SSSR count).